The second kappa shape index (κ2) is 8.54. The Morgan fingerprint density at radius 1 is 0.931 bits per heavy atom. The fraction of sp³-hybridized carbons (Fsp3) is 0.160. The van der Waals surface area contributed by atoms with Gasteiger partial charge in [0.25, 0.3) is 0 Å². The molecule has 0 fully saturated rings. The first-order chi connectivity index (χ1) is 14.1. The molecule has 0 unspecified atom stereocenters. The summed E-state index contributed by atoms with van der Waals surface area (Å²) in [6.07, 6.45) is 2.31. The van der Waals surface area contributed by atoms with E-state index in [1.54, 1.807) is 0 Å². The molecule has 0 bridgehead atoms. The lowest BCUT2D eigenvalue weighted by molar-refractivity contribution is -0.121. The van der Waals surface area contributed by atoms with E-state index in [0.717, 1.165) is 27.6 Å². The molecule has 0 saturated heterocycles. The van der Waals surface area contributed by atoms with Gasteiger partial charge in [-0.2, -0.15) is 0 Å². The van der Waals surface area contributed by atoms with Gasteiger partial charge in [-0.05, 0) is 35.7 Å². The number of halogens is 1. The largest absolute Gasteiger partial charge is 0.361 e. The van der Waals surface area contributed by atoms with Gasteiger partial charge in [0.2, 0.25) is 5.91 Å². The van der Waals surface area contributed by atoms with Gasteiger partial charge in [0, 0.05) is 34.5 Å². The van der Waals surface area contributed by atoms with Gasteiger partial charge in [-0.1, -0.05) is 78.3 Å². The Morgan fingerprint density at radius 3 is 2.41 bits per heavy atom. The van der Waals surface area contributed by atoms with E-state index in [-0.39, 0.29) is 17.9 Å². The van der Waals surface area contributed by atoms with Crippen LogP contribution in [0, 0.1) is 0 Å². The molecule has 2 atom stereocenters. The number of fused-ring (bicyclic) bond motifs is 1. The minimum atomic E-state index is -0.136. The molecule has 0 aliphatic heterocycles. The number of hydrogen-bond donors (Lipinski definition) is 2. The number of amides is 1. The third kappa shape index (κ3) is 4.20. The molecule has 4 heteroatoms. The van der Waals surface area contributed by atoms with E-state index in [9.17, 15) is 4.79 Å². The lowest BCUT2D eigenvalue weighted by atomic mass is 9.87. The van der Waals surface area contributed by atoms with Crippen molar-refractivity contribution < 1.29 is 4.79 Å². The summed E-state index contributed by atoms with van der Waals surface area (Å²) in [5.74, 6) is -0.139. The molecular formula is C25H23ClN2O. The monoisotopic (exact) mass is 402 g/mol. The topological polar surface area (TPSA) is 44.9 Å². The van der Waals surface area contributed by atoms with Crippen molar-refractivity contribution in [3.63, 3.8) is 0 Å². The molecule has 1 heterocycles. The van der Waals surface area contributed by atoms with E-state index in [0.29, 0.717) is 11.4 Å². The minimum Gasteiger partial charge on any atom is -0.361 e. The van der Waals surface area contributed by atoms with Crippen molar-refractivity contribution in [2.45, 2.75) is 25.3 Å². The first-order valence-electron chi connectivity index (χ1n) is 9.78. The lowest BCUT2D eigenvalue weighted by Gasteiger charge is -2.20. The first-order valence-corrected chi connectivity index (χ1v) is 10.2. The molecule has 4 rings (SSSR count). The zero-order valence-corrected chi connectivity index (χ0v) is 17.0. The fourth-order valence-electron chi connectivity index (χ4n) is 3.84. The van der Waals surface area contributed by atoms with E-state index in [2.05, 4.69) is 16.4 Å². The number of aromatic amines is 1. The van der Waals surface area contributed by atoms with E-state index < -0.39 is 0 Å². The molecule has 3 aromatic carbocycles. The van der Waals surface area contributed by atoms with Gasteiger partial charge >= 0.3 is 0 Å². The highest BCUT2D eigenvalue weighted by atomic mass is 35.5. The highest BCUT2D eigenvalue weighted by Gasteiger charge is 2.24. The van der Waals surface area contributed by atoms with Crippen molar-refractivity contribution in [3.05, 3.63) is 107 Å². The van der Waals surface area contributed by atoms with Gasteiger partial charge in [-0.3, -0.25) is 4.79 Å². The second-order valence-corrected chi connectivity index (χ2v) is 7.67. The van der Waals surface area contributed by atoms with Crippen LogP contribution in [0.3, 0.4) is 0 Å². The van der Waals surface area contributed by atoms with Gasteiger partial charge in [0.15, 0.2) is 0 Å². The number of carbonyl (C=O) groups is 1. The van der Waals surface area contributed by atoms with Crippen molar-refractivity contribution in [3.8, 4) is 0 Å². The van der Waals surface area contributed by atoms with Crippen LogP contribution in [0.1, 0.15) is 42.0 Å². The molecule has 29 heavy (non-hydrogen) atoms. The van der Waals surface area contributed by atoms with E-state index in [4.69, 9.17) is 11.6 Å². The van der Waals surface area contributed by atoms with Crippen LogP contribution in [0.5, 0.6) is 0 Å². The fourth-order valence-corrected chi connectivity index (χ4v) is 4.11. The van der Waals surface area contributed by atoms with Crippen LogP contribution in [-0.2, 0) is 4.79 Å². The maximum Gasteiger partial charge on any atom is 0.221 e. The maximum absolute atomic E-state index is 13.0. The number of para-hydroxylation sites is 1. The van der Waals surface area contributed by atoms with E-state index in [1.165, 1.54) is 0 Å². The Balaban J connectivity index is 1.64. The number of benzene rings is 3. The molecule has 0 aliphatic rings. The number of aromatic nitrogens is 1. The Kier molecular flexibility index (Phi) is 5.68. The van der Waals surface area contributed by atoms with Crippen LogP contribution < -0.4 is 5.32 Å². The molecule has 4 aromatic rings. The van der Waals surface area contributed by atoms with Crippen molar-refractivity contribution >= 4 is 28.4 Å². The standard InChI is InChI=1S/C25H23ClN2O/c1-17(18-9-3-2-4-10-18)28-25(29)15-21(19-11-5-7-13-23(19)26)22-16-27-24-14-8-6-12-20(22)24/h2-14,16-17,21,27H,15H2,1H3,(H,28,29)/t17-,21+/m0/s1. The van der Waals surface area contributed by atoms with Gasteiger partial charge in [0.05, 0.1) is 6.04 Å². The van der Waals surface area contributed by atoms with Gasteiger partial charge in [0.1, 0.15) is 0 Å². The quantitative estimate of drug-likeness (QED) is 0.395. The second-order valence-electron chi connectivity index (χ2n) is 7.27. The average molecular weight is 403 g/mol. The van der Waals surface area contributed by atoms with Crippen molar-refractivity contribution in [2.75, 3.05) is 0 Å². The van der Waals surface area contributed by atoms with Crippen LogP contribution in [0.2, 0.25) is 5.02 Å². The molecule has 1 amide bonds. The smallest absolute Gasteiger partial charge is 0.221 e. The molecule has 0 saturated carbocycles. The number of H-pyrrole nitrogens is 1. The Hall–Kier alpha value is -3.04. The Morgan fingerprint density at radius 2 is 1.62 bits per heavy atom. The van der Waals surface area contributed by atoms with Crippen molar-refractivity contribution in [2.24, 2.45) is 0 Å². The summed E-state index contributed by atoms with van der Waals surface area (Å²) >= 11 is 6.53. The predicted molar refractivity (Wildman–Crippen MR) is 119 cm³/mol. The predicted octanol–water partition coefficient (Wildman–Crippen LogP) is 6.22. The number of rotatable bonds is 6. The van der Waals surface area contributed by atoms with Crippen LogP contribution >= 0.6 is 11.6 Å². The van der Waals surface area contributed by atoms with Crippen LogP contribution in [0.25, 0.3) is 10.9 Å². The van der Waals surface area contributed by atoms with Crippen LogP contribution in [0.4, 0.5) is 0 Å². The summed E-state index contributed by atoms with van der Waals surface area (Å²) in [5, 5.41) is 4.92. The summed E-state index contributed by atoms with van der Waals surface area (Å²) in [7, 11) is 0. The molecule has 3 nitrogen and oxygen atoms in total. The summed E-state index contributed by atoms with van der Waals surface area (Å²) < 4.78 is 0. The number of carbonyl (C=O) groups excluding carboxylic acids is 1. The average Bonchev–Trinajstić information content (AvgIpc) is 3.17. The minimum absolute atomic E-state index is 0.00319. The van der Waals surface area contributed by atoms with E-state index >= 15 is 0 Å². The molecule has 0 radical (unpaired) electrons. The van der Waals surface area contributed by atoms with Crippen LogP contribution in [-0.4, -0.2) is 10.9 Å². The molecule has 2 N–H and O–H groups in total. The highest BCUT2D eigenvalue weighted by Crippen LogP contribution is 2.36. The molecule has 0 spiro atoms. The summed E-state index contributed by atoms with van der Waals surface area (Å²) in [6, 6.07) is 25.8. The lowest BCUT2D eigenvalue weighted by Crippen LogP contribution is -2.28. The molecular weight excluding hydrogens is 380 g/mol. The Bertz CT molecular complexity index is 1120. The molecule has 0 aliphatic carbocycles. The van der Waals surface area contributed by atoms with Crippen molar-refractivity contribution in [1.82, 2.24) is 10.3 Å². The Labute approximate surface area is 175 Å². The third-order valence-corrected chi connectivity index (χ3v) is 5.69. The highest BCUT2D eigenvalue weighted by molar-refractivity contribution is 6.31. The zero-order chi connectivity index (χ0) is 20.2. The van der Waals surface area contributed by atoms with E-state index in [1.807, 2.05) is 85.9 Å². The summed E-state index contributed by atoms with van der Waals surface area (Å²) in [6.45, 7) is 2.00. The van der Waals surface area contributed by atoms with Crippen molar-refractivity contribution in [1.29, 1.82) is 0 Å². The first kappa shape index (κ1) is 19.3. The molecule has 1 aromatic heterocycles. The molecule has 146 valence electrons. The third-order valence-electron chi connectivity index (χ3n) is 5.34. The summed E-state index contributed by atoms with van der Waals surface area (Å²) in [4.78, 5) is 16.3. The van der Waals surface area contributed by atoms with Crippen LogP contribution in [0.15, 0.2) is 85.1 Å². The van der Waals surface area contributed by atoms with Gasteiger partial charge < -0.3 is 10.3 Å². The summed E-state index contributed by atoms with van der Waals surface area (Å²) in [5.41, 5.74) is 4.18. The van der Waals surface area contributed by atoms with Gasteiger partial charge in [-0.15, -0.1) is 0 Å². The maximum atomic E-state index is 13.0. The SMILES string of the molecule is C[C@H](NC(=O)C[C@H](c1ccccc1Cl)c1c[nH]c2ccccc12)c1ccccc1. The number of hydrogen-bond acceptors (Lipinski definition) is 1. The normalized spacial score (nSPS) is 13.2. The zero-order valence-electron chi connectivity index (χ0n) is 16.2. The van der Waals surface area contributed by atoms with Gasteiger partial charge in [-0.25, -0.2) is 0 Å². The number of nitrogens with one attached hydrogen (secondary N) is 2.